The van der Waals surface area contributed by atoms with Crippen LogP contribution < -0.4 is 0 Å². The summed E-state index contributed by atoms with van der Waals surface area (Å²) in [5, 5.41) is 10.4. The Morgan fingerprint density at radius 2 is 2.00 bits per heavy atom. The van der Waals surface area contributed by atoms with Crippen LogP contribution in [0.25, 0.3) is 11.5 Å². The van der Waals surface area contributed by atoms with E-state index in [-0.39, 0.29) is 0 Å². The molecule has 1 N–H and O–H groups in total. The van der Waals surface area contributed by atoms with Crippen molar-refractivity contribution in [3.05, 3.63) is 62.6 Å². The predicted octanol–water partition coefficient (Wildman–Crippen LogP) is 5.14. The van der Waals surface area contributed by atoms with Crippen molar-refractivity contribution in [3.8, 4) is 11.5 Å². The van der Waals surface area contributed by atoms with E-state index >= 15 is 0 Å². The lowest BCUT2D eigenvalue weighted by Crippen LogP contribution is -2.01. The van der Waals surface area contributed by atoms with E-state index in [0.29, 0.717) is 23.8 Å². The van der Waals surface area contributed by atoms with Gasteiger partial charge in [-0.3, -0.25) is 0 Å². The predicted molar refractivity (Wildman–Crippen MR) is 92.0 cm³/mol. The first-order valence-corrected chi connectivity index (χ1v) is 8.69. The van der Waals surface area contributed by atoms with Crippen LogP contribution in [0.5, 0.6) is 0 Å². The Labute approximate surface area is 141 Å². The number of nitrogens with zero attached hydrogens (tertiary/aromatic N) is 1. The van der Waals surface area contributed by atoms with Crippen molar-refractivity contribution in [2.75, 3.05) is 0 Å². The fourth-order valence-corrected chi connectivity index (χ4v) is 3.82. The molecule has 3 aromatic rings. The lowest BCUT2D eigenvalue weighted by atomic mass is 10.1. The molecule has 0 fully saturated rings. The average molecular weight is 378 g/mol. The number of hydrogen-bond acceptors (Lipinski definition) is 4. The minimum atomic E-state index is -0.609. The highest BCUT2D eigenvalue weighted by molar-refractivity contribution is 9.11. The molecule has 2 heterocycles. The maximum absolute atomic E-state index is 10.4. The molecule has 0 amide bonds. The SMILES string of the molecule is Cc1oc(-c2ccccc2)nc1C(O)CCc1ccc(Br)s1. The van der Waals surface area contributed by atoms with E-state index in [4.69, 9.17) is 4.42 Å². The maximum atomic E-state index is 10.4. The summed E-state index contributed by atoms with van der Waals surface area (Å²) in [6, 6.07) is 13.8. The number of aliphatic hydroxyl groups excluding tert-OH is 1. The summed E-state index contributed by atoms with van der Waals surface area (Å²) in [6.07, 6.45) is 0.848. The molecule has 0 saturated carbocycles. The number of rotatable bonds is 5. The van der Waals surface area contributed by atoms with Gasteiger partial charge in [0.1, 0.15) is 11.5 Å². The maximum Gasteiger partial charge on any atom is 0.226 e. The number of halogens is 1. The van der Waals surface area contributed by atoms with Crippen LogP contribution >= 0.6 is 27.3 Å². The second-order valence-corrected chi connectivity index (χ2v) is 7.63. The van der Waals surface area contributed by atoms with E-state index in [1.165, 1.54) is 4.88 Å². The van der Waals surface area contributed by atoms with Crippen molar-refractivity contribution in [2.45, 2.75) is 25.9 Å². The molecule has 3 nitrogen and oxygen atoms in total. The van der Waals surface area contributed by atoms with Gasteiger partial charge < -0.3 is 9.52 Å². The summed E-state index contributed by atoms with van der Waals surface area (Å²) in [6.45, 7) is 1.85. The Morgan fingerprint density at radius 3 is 2.68 bits per heavy atom. The molecule has 22 heavy (non-hydrogen) atoms. The summed E-state index contributed by atoms with van der Waals surface area (Å²) in [5.74, 6) is 1.24. The Hall–Kier alpha value is -1.43. The van der Waals surface area contributed by atoms with E-state index in [1.807, 2.05) is 43.3 Å². The minimum Gasteiger partial charge on any atom is -0.441 e. The van der Waals surface area contributed by atoms with Gasteiger partial charge in [0.25, 0.3) is 0 Å². The Balaban J connectivity index is 1.72. The Bertz CT molecular complexity index is 751. The molecule has 114 valence electrons. The first kappa shape index (κ1) is 15.5. The van der Waals surface area contributed by atoms with Gasteiger partial charge in [-0.1, -0.05) is 18.2 Å². The fraction of sp³-hybridized carbons (Fsp3) is 0.235. The Morgan fingerprint density at radius 1 is 1.23 bits per heavy atom. The van der Waals surface area contributed by atoms with Crippen LogP contribution in [0.3, 0.4) is 0 Å². The zero-order valence-electron chi connectivity index (χ0n) is 12.1. The van der Waals surface area contributed by atoms with Crippen LogP contribution in [0.2, 0.25) is 0 Å². The summed E-state index contributed by atoms with van der Waals surface area (Å²) >= 11 is 5.15. The molecule has 5 heteroatoms. The second kappa shape index (κ2) is 6.77. The highest BCUT2D eigenvalue weighted by Crippen LogP contribution is 2.29. The fourth-order valence-electron chi connectivity index (χ4n) is 2.32. The van der Waals surface area contributed by atoms with Crippen molar-refractivity contribution >= 4 is 27.3 Å². The van der Waals surface area contributed by atoms with E-state index in [2.05, 4.69) is 27.0 Å². The molecule has 1 aromatic carbocycles. The van der Waals surface area contributed by atoms with E-state index in [1.54, 1.807) is 11.3 Å². The van der Waals surface area contributed by atoms with Crippen LogP contribution in [0.4, 0.5) is 0 Å². The molecule has 0 spiro atoms. The molecule has 1 unspecified atom stereocenters. The first-order valence-electron chi connectivity index (χ1n) is 7.08. The molecule has 0 aliphatic heterocycles. The van der Waals surface area contributed by atoms with Crippen LogP contribution in [-0.2, 0) is 6.42 Å². The van der Waals surface area contributed by atoms with Crippen molar-refractivity contribution in [3.63, 3.8) is 0 Å². The number of hydrogen-bond donors (Lipinski definition) is 1. The third-order valence-corrected chi connectivity index (χ3v) is 5.15. The molecule has 0 aliphatic carbocycles. The van der Waals surface area contributed by atoms with Gasteiger partial charge in [0.15, 0.2) is 0 Å². The van der Waals surface area contributed by atoms with Crippen LogP contribution in [-0.4, -0.2) is 10.1 Å². The minimum absolute atomic E-state index is 0.561. The number of aliphatic hydroxyl groups is 1. The Kier molecular flexibility index (Phi) is 4.76. The molecule has 1 atom stereocenters. The second-order valence-electron chi connectivity index (χ2n) is 5.09. The molecular weight excluding hydrogens is 362 g/mol. The standard InChI is InChI=1S/C17H16BrNO2S/c1-11-16(14(20)9-7-13-8-10-15(18)22-13)19-17(21-11)12-5-3-2-4-6-12/h2-6,8,10,14,20H,7,9H2,1H3. The van der Waals surface area contributed by atoms with Crippen molar-refractivity contribution < 1.29 is 9.52 Å². The topological polar surface area (TPSA) is 46.3 Å². The number of aryl methyl sites for hydroxylation is 2. The number of benzene rings is 1. The van der Waals surface area contributed by atoms with Gasteiger partial charge in [-0.2, -0.15) is 0 Å². The summed E-state index contributed by atoms with van der Waals surface area (Å²) in [7, 11) is 0. The third-order valence-electron chi connectivity index (χ3n) is 3.46. The van der Waals surface area contributed by atoms with Crippen LogP contribution in [0.1, 0.15) is 28.9 Å². The van der Waals surface area contributed by atoms with E-state index in [0.717, 1.165) is 15.8 Å². The number of oxazole rings is 1. The summed E-state index contributed by atoms with van der Waals surface area (Å²) in [4.78, 5) is 5.72. The van der Waals surface area contributed by atoms with Crippen molar-refractivity contribution in [2.24, 2.45) is 0 Å². The molecule has 0 bridgehead atoms. The third kappa shape index (κ3) is 3.48. The van der Waals surface area contributed by atoms with Crippen LogP contribution in [0.15, 0.2) is 50.7 Å². The van der Waals surface area contributed by atoms with Gasteiger partial charge in [0.05, 0.1) is 9.89 Å². The highest BCUT2D eigenvalue weighted by atomic mass is 79.9. The molecule has 0 radical (unpaired) electrons. The smallest absolute Gasteiger partial charge is 0.226 e. The van der Waals surface area contributed by atoms with E-state index in [9.17, 15) is 5.11 Å². The molecule has 0 saturated heterocycles. The molecule has 3 rings (SSSR count). The quantitative estimate of drug-likeness (QED) is 0.669. The zero-order chi connectivity index (χ0) is 15.5. The van der Waals surface area contributed by atoms with Gasteiger partial charge in [0, 0.05) is 10.4 Å². The van der Waals surface area contributed by atoms with Crippen molar-refractivity contribution in [1.82, 2.24) is 4.98 Å². The highest BCUT2D eigenvalue weighted by Gasteiger charge is 2.18. The van der Waals surface area contributed by atoms with Crippen molar-refractivity contribution in [1.29, 1.82) is 0 Å². The molecule has 2 aromatic heterocycles. The lowest BCUT2D eigenvalue weighted by molar-refractivity contribution is 0.162. The number of thiophene rings is 1. The van der Waals surface area contributed by atoms with Crippen LogP contribution in [0, 0.1) is 6.92 Å². The summed E-state index contributed by atoms with van der Waals surface area (Å²) < 4.78 is 6.81. The normalized spacial score (nSPS) is 12.5. The zero-order valence-corrected chi connectivity index (χ0v) is 14.5. The number of aromatic nitrogens is 1. The monoisotopic (exact) mass is 377 g/mol. The lowest BCUT2D eigenvalue weighted by Gasteiger charge is -2.06. The summed E-state index contributed by atoms with van der Waals surface area (Å²) in [5.41, 5.74) is 1.56. The van der Waals surface area contributed by atoms with Gasteiger partial charge >= 0.3 is 0 Å². The van der Waals surface area contributed by atoms with Gasteiger partial charge in [0.2, 0.25) is 5.89 Å². The first-order chi connectivity index (χ1) is 10.6. The van der Waals surface area contributed by atoms with Gasteiger partial charge in [-0.25, -0.2) is 4.98 Å². The molecule has 0 aliphatic rings. The largest absolute Gasteiger partial charge is 0.441 e. The average Bonchev–Trinajstić information content (AvgIpc) is 3.12. The van der Waals surface area contributed by atoms with Gasteiger partial charge in [-0.15, -0.1) is 11.3 Å². The van der Waals surface area contributed by atoms with Gasteiger partial charge in [-0.05, 0) is 60.0 Å². The van der Waals surface area contributed by atoms with E-state index < -0.39 is 6.10 Å². The molecular formula is C17H16BrNO2S.